The van der Waals surface area contributed by atoms with Gasteiger partial charge in [0.25, 0.3) is 6.71 Å². The molecule has 0 fully saturated rings. The van der Waals surface area contributed by atoms with Crippen molar-refractivity contribution in [1.29, 1.82) is 0 Å². The number of hydrogen-bond donors (Lipinski definition) is 0. The first-order valence-electron chi connectivity index (χ1n) is 12.9. The Labute approximate surface area is 212 Å². The number of aromatic nitrogens is 4. The van der Waals surface area contributed by atoms with Crippen molar-refractivity contribution in [1.82, 2.24) is 19.1 Å². The third-order valence-corrected chi connectivity index (χ3v) is 8.92. The molecule has 0 radical (unpaired) electrons. The highest BCUT2D eigenvalue weighted by Gasteiger charge is 2.44. The van der Waals surface area contributed by atoms with Gasteiger partial charge in [0.2, 0.25) is 0 Å². The van der Waals surface area contributed by atoms with Gasteiger partial charge in [-0.05, 0) is 99.7 Å². The van der Waals surface area contributed by atoms with E-state index in [0.717, 1.165) is 22.7 Å². The quantitative estimate of drug-likeness (QED) is 0.295. The molecule has 0 unspecified atom stereocenters. The zero-order valence-corrected chi connectivity index (χ0v) is 20.4. The molecule has 4 nitrogen and oxygen atoms in total. The topological polar surface area (TPSA) is 35.6 Å². The number of benzene rings is 5. The van der Waals surface area contributed by atoms with Crippen molar-refractivity contribution >= 4 is 55.9 Å². The Morgan fingerprint density at radius 1 is 0.541 bits per heavy atom. The fourth-order valence-electron chi connectivity index (χ4n) is 7.61. The molecule has 5 aromatic carbocycles. The van der Waals surface area contributed by atoms with Crippen LogP contribution in [0.4, 0.5) is 0 Å². The molecule has 3 aliphatic heterocycles. The van der Waals surface area contributed by atoms with Crippen LogP contribution < -0.4 is 16.4 Å². The van der Waals surface area contributed by atoms with E-state index in [1.54, 1.807) is 0 Å². The van der Waals surface area contributed by atoms with Crippen LogP contribution in [0.2, 0.25) is 0 Å². The van der Waals surface area contributed by atoms with Crippen LogP contribution in [0, 0.1) is 13.8 Å². The van der Waals surface area contributed by atoms with Gasteiger partial charge in [-0.2, -0.15) is 0 Å². The molecule has 0 aliphatic carbocycles. The van der Waals surface area contributed by atoms with Crippen LogP contribution in [-0.2, 0) is 0 Å². The largest absolute Gasteiger partial charge is 0.297 e. The van der Waals surface area contributed by atoms with E-state index in [1.165, 1.54) is 71.8 Å². The first-order valence-corrected chi connectivity index (χ1v) is 12.9. The van der Waals surface area contributed by atoms with E-state index < -0.39 is 0 Å². The minimum atomic E-state index is 0.131. The van der Waals surface area contributed by atoms with Crippen molar-refractivity contribution in [3.05, 3.63) is 90.5 Å². The van der Waals surface area contributed by atoms with Gasteiger partial charge in [0, 0.05) is 11.4 Å². The molecule has 0 spiro atoms. The monoisotopic (exact) mass is 470 g/mol. The van der Waals surface area contributed by atoms with E-state index in [4.69, 9.17) is 9.97 Å². The number of imidazole rings is 2. The average Bonchev–Trinajstić information content (AvgIpc) is 3.40. The maximum absolute atomic E-state index is 5.05. The third kappa shape index (κ3) is 1.93. The van der Waals surface area contributed by atoms with Crippen LogP contribution >= 0.6 is 0 Å². The van der Waals surface area contributed by atoms with Crippen molar-refractivity contribution in [3.8, 4) is 33.6 Å². The smallest absolute Gasteiger partial charge is 0.253 e. The molecule has 2 aromatic heterocycles. The molecule has 37 heavy (non-hydrogen) atoms. The van der Waals surface area contributed by atoms with Gasteiger partial charge in [-0.15, -0.1) is 0 Å². The maximum Gasteiger partial charge on any atom is 0.253 e. The number of fused-ring (bicyclic) bond motifs is 6. The summed E-state index contributed by atoms with van der Waals surface area (Å²) in [5, 5.41) is 2.54. The van der Waals surface area contributed by atoms with Crippen LogP contribution in [-0.4, -0.2) is 25.8 Å². The van der Waals surface area contributed by atoms with E-state index in [0.29, 0.717) is 0 Å². The van der Waals surface area contributed by atoms with Gasteiger partial charge in [0.15, 0.2) is 0 Å². The Morgan fingerprint density at radius 2 is 1.05 bits per heavy atom. The molecule has 3 aliphatic rings. The summed E-state index contributed by atoms with van der Waals surface area (Å²) >= 11 is 0. The summed E-state index contributed by atoms with van der Waals surface area (Å²) in [6.45, 7) is 4.40. The van der Waals surface area contributed by atoms with E-state index >= 15 is 0 Å². The summed E-state index contributed by atoms with van der Waals surface area (Å²) in [6, 6.07) is 29.3. The minimum absolute atomic E-state index is 0.131. The van der Waals surface area contributed by atoms with Gasteiger partial charge >= 0.3 is 0 Å². The highest BCUT2D eigenvalue weighted by atomic mass is 15.1. The zero-order chi connectivity index (χ0) is 24.2. The lowest BCUT2D eigenvalue weighted by atomic mass is 9.33. The molecule has 5 heteroatoms. The van der Waals surface area contributed by atoms with Crippen LogP contribution in [0.3, 0.4) is 0 Å². The Kier molecular flexibility index (Phi) is 2.94. The summed E-state index contributed by atoms with van der Waals surface area (Å²) in [5.74, 6) is 2.06. The van der Waals surface area contributed by atoms with Crippen LogP contribution in [0.5, 0.6) is 0 Å². The highest BCUT2D eigenvalue weighted by molar-refractivity contribution is 7.02. The van der Waals surface area contributed by atoms with Crippen molar-refractivity contribution in [2.75, 3.05) is 0 Å². The number of aryl methyl sites for hydroxylation is 2. The molecule has 0 N–H and O–H groups in total. The van der Waals surface area contributed by atoms with Gasteiger partial charge in [-0.3, -0.25) is 9.13 Å². The van der Waals surface area contributed by atoms with Gasteiger partial charge in [-0.1, -0.05) is 42.5 Å². The SMILES string of the molecule is Cc1nc2ccc3c4c2n1-c1cccc2c1B4c1c(ccc4nc(C)n-2c14)-c1cc2ccccc2cc1-3. The maximum atomic E-state index is 5.05. The number of rotatable bonds is 0. The van der Waals surface area contributed by atoms with Gasteiger partial charge in [0.1, 0.15) is 11.6 Å². The van der Waals surface area contributed by atoms with Crippen molar-refractivity contribution in [3.63, 3.8) is 0 Å². The average molecular weight is 470 g/mol. The van der Waals surface area contributed by atoms with Crippen molar-refractivity contribution in [2.24, 2.45) is 0 Å². The van der Waals surface area contributed by atoms with E-state index in [9.17, 15) is 0 Å². The van der Waals surface area contributed by atoms with E-state index in [1.807, 2.05) is 0 Å². The molecule has 0 amide bonds. The summed E-state index contributed by atoms with van der Waals surface area (Å²) in [5.41, 5.74) is 16.5. The minimum Gasteiger partial charge on any atom is -0.297 e. The predicted octanol–water partition coefficient (Wildman–Crippen LogP) is 4.92. The van der Waals surface area contributed by atoms with E-state index in [-0.39, 0.29) is 6.71 Å². The first kappa shape index (κ1) is 18.6. The highest BCUT2D eigenvalue weighted by Crippen LogP contribution is 2.42. The normalized spacial score (nSPS) is 13.6. The van der Waals surface area contributed by atoms with Crippen LogP contribution in [0.1, 0.15) is 11.6 Å². The van der Waals surface area contributed by atoms with Gasteiger partial charge < -0.3 is 0 Å². The summed E-state index contributed by atoms with van der Waals surface area (Å²) < 4.78 is 4.79. The molecule has 170 valence electrons. The summed E-state index contributed by atoms with van der Waals surface area (Å²) in [4.78, 5) is 10.1. The fourth-order valence-corrected chi connectivity index (χ4v) is 7.61. The molecule has 7 aromatic rings. The van der Waals surface area contributed by atoms with Crippen molar-refractivity contribution in [2.45, 2.75) is 13.8 Å². The fraction of sp³-hybridized carbons (Fsp3) is 0.0625. The molecule has 0 saturated heterocycles. The second-order valence-electron chi connectivity index (χ2n) is 10.7. The molecule has 10 rings (SSSR count). The lowest BCUT2D eigenvalue weighted by Crippen LogP contribution is -2.60. The lowest BCUT2D eigenvalue weighted by molar-refractivity contribution is 0.981. The van der Waals surface area contributed by atoms with E-state index in [2.05, 4.69) is 102 Å². The predicted molar refractivity (Wildman–Crippen MR) is 152 cm³/mol. The van der Waals surface area contributed by atoms with Gasteiger partial charge in [-0.25, -0.2) is 9.97 Å². The Morgan fingerprint density at radius 3 is 1.57 bits per heavy atom. The Bertz CT molecular complexity index is 2080. The Balaban J connectivity index is 1.55. The Hall–Kier alpha value is -4.64. The molecular formula is C32H19BN4. The lowest BCUT2D eigenvalue weighted by Gasteiger charge is -2.33. The molecule has 0 saturated carbocycles. The standard InChI is InChI=1S/C32H19BN4/c1-16-34-24-12-10-20-22-14-18-6-3-4-7-19(18)15-23(22)21-11-13-25-32-29(21)33-28(20)31(24)36(16)26-8-5-9-27(30(26)33)37(32)17(2)35-25/h3-15H,1-2H3. The molecule has 5 heterocycles. The molecule has 0 atom stereocenters. The molecular weight excluding hydrogens is 451 g/mol. The van der Waals surface area contributed by atoms with Crippen LogP contribution in [0.15, 0.2) is 78.9 Å². The number of hydrogen-bond acceptors (Lipinski definition) is 2. The van der Waals surface area contributed by atoms with Gasteiger partial charge in [0.05, 0.1) is 22.1 Å². The zero-order valence-electron chi connectivity index (χ0n) is 20.4. The van der Waals surface area contributed by atoms with Crippen LogP contribution in [0.25, 0.3) is 66.5 Å². The third-order valence-electron chi connectivity index (χ3n) is 8.92. The second-order valence-corrected chi connectivity index (χ2v) is 10.7. The molecule has 0 bridgehead atoms. The van der Waals surface area contributed by atoms with Crippen molar-refractivity contribution < 1.29 is 0 Å². The number of nitrogens with zero attached hydrogens (tertiary/aromatic N) is 4. The second kappa shape index (κ2) is 5.84. The summed E-state index contributed by atoms with van der Waals surface area (Å²) in [6.07, 6.45) is 0. The summed E-state index contributed by atoms with van der Waals surface area (Å²) in [7, 11) is 0. The first-order chi connectivity index (χ1) is 18.2.